The summed E-state index contributed by atoms with van der Waals surface area (Å²) >= 11 is 0. The van der Waals surface area contributed by atoms with Gasteiger partial charge in [-0.15, -0.1) is 0 Å². The molecule has 1 saturated heterocycles. The molecule has 0 bridgehead atoms. The average molecular weight is 285 g/mol. The molecular weight excluding hydrogens is 266 g/mol. The molecule has 0 N–H and O–H groups in total. The summed E-state index contributed by atoms with van der Waals surface area (Å²) < 4.78 is 3.88. The quantitative estimate of drug-likeness (QED) is 0.819. The number of hydrogen-bond donors (Lipinski definition) is 0. The van der Waals surface area contributed by atoms with Gasteiger partial charge in [-0.1, -0.05) is 0 Å². The predicted octanol–water partition coefficient (Wildman–Crippen LogP) is 0.907. The van der Waals surface area contributed by atoms with E-state index >= 15 is 0 Å². The van der Waals surface area contributed by atoms with Gasteiger partial charge in [0.15, 0.2) is 0 Å². The van der Waals surface area contributed by atoms with E-state index in [0.717, 1.165) is 26.2 Å². The van der Waals surface area contributed by atoms with Gasteiger partial charge < -0.3 is 4.57 Å². The standard InChI is InChI=1S/C15H19N5O/c21-15-2-1-5-17-20(15)9-12-7-18(8-12)10-14-6-16-11-19(14)13-3-4-13/h1-2,5-6,11-13H,3-4,7-10H2. The van der Waals surface area contributed by atoms with Gasteiger partial charge in [0.05, 0.1) is 18.6 Å². The minimum Gasteiger partial charge on any atom is -0.330 e. The summed E-state index contributed by atoms with van der Waals surface area (Å²) in [4.78, 5) is 18.3. The molecule has 2 aromatic rings. The van der Waals surface area contributed by atoms with Crippen molar-refractivity contribution in [1.29, 1.82) is 0 Å². The first-order chi connectivity index (χ1) is 10.3. The lowest BCUT2D eigenvalue weighted by molar-refractivity contribution is 0.0742. The highest BCUT2D eigenvalue weighted by Gasteiger charge is 2.30. The molecule has 1 saturated carbocycles. The van der Waals surface area contributed by atoms with E-state index < -0.39 is 0 Å². The third kappa shape index (κ3) is 2.63. The van der Waals surface area contributed by atoms with Crippen LogP contribution < -0.4 is 5.56 Å². The fourth-order valence-electron chi connectivity index (χ4n) is 3.06. The number of rotatable bonds is 5. The molecule has 0 aromatic carbocycles. The van der Waals surface area contributed by atoms with Gasteiger partial charge in [0.1, 0.15) is 0 Å². The Hall–Kier alpha value is -1.95. The Morgan fingerprint density at radius 1 is 1.29 bits per heavy atom. The topological polar surface area (TPSA) is 56.0 Å². The summed E-state index contributed by atoms with van der Waals surface area (Å²) in [5.41, 5.74) is 1.30. The Balaban J connectivity index is 1.32. The van der Waals surface area contributed by atoms with Crippen LogP contribution in [0.2, 0.25) is 0 Å². The van der Waals surface area contributed by atoms with E-state index in [9.17, 15) is 4.79 Å². The lowest BCUT2D eigenvalue weighted by Crippen LogP contribution is -2.49. The van der Waals surface area contributed by atoms with Crippen molar-refractivity contribution < 1.29 is 0 Å². The number of nitrogens with zero attached hydrogens (tertiary/aromatic N) is 5. The smallest absolute Gasteiger partial charge is 0.266 e. The molecule has 6 heteroatoms. The zero-order valence-electron chi connectivity index (χ0n) is 11.9. The van der Waals surface area contributed by atoms with Gasteiger partial charge in [0.2, 0.25) is 0 Å². The Bertz CT molecular complexity index is 681. The fourth-order valence-corrected chi connectivity index (χ4v) is 3.06. The second-order valence-corrected chi connectivity index (χ2v) is 6.13. The molecule has 6 nitrogen and oxygen atoms in total. The molecule has 2 fully saturated rings. The first kappa shape index (κ1) is 12.8. The molecule has 2 aromatic heterocycles. The molecule has 0 amide bonds. The van der Waals surface area contributed by atoms with E-state index in [0.29, 0.717) is 12.0 Å². The van der Waals surface area contributed by atoms with Gasteiger partial charge >= 0.3 is 0 Å². The first-order valence-corrected chi connectivity index (χ1v) is 7.55. The van der Waals surface area contributed by atoms with Crippen LogP contribution in [-0.2, 0) is 13.1 Å². The summed E-state index contributed by atoms with van der Waals surface area (Å²) in [6, 6.07) is 3.94. The maximum atomic E-state index is 11.6. The van der Waals surface area contributed by atoms with Crippen molar-refractivity contribution in [1.82, 2.24) is 24.2 Å². The Morgan fingerprint density at radius 3 is 2.90 bits per heavy atom. The third-order valence-electron chi connectivity index (χ3n) is 4.32. The molecule has 3 heterocycles. The lowest BCUT2D eigenvalue weighted by atomic mass is 10.00. The van der Waals surface area contributed by atoms with Crippen LogP contribution in [0.4, 0.5) is 0 Å². The Morgan fingerprint density at radius 2 is 2.14 bits per heavy atom. The van der Waals surface area contributed by atoms with Gasteiger partial charge in [0.25, 0.3) is 5.56 Å². The largest absolute Gasteiger partial charge is 0.330 e. The molecule has 110 valence electrons. The van der Waals surface area contributed by atoms with Crippen LogP contribution in [-0.4, -0.2) is 37.3 Å². The first-order valence-electron chi connectivity index (χ1n) is 7.55. The van der Waals surface area contributed by atoms with Crippen LogP contribution in [0.25, 0.3) is 0 Å². The van der Waals surface area contributed by atoms with Gasteiger partial charge in [-0.2, -0.15) is 5.10 Å². The van der Waals surface area contributed by atoms with E-state index in [1.54, 1.807) is 23.0 Å². The maximum absolute atomic E-state index is 11.6. The zero-order chi connectivity index (χ0) is 14.2. The Labute approximate surface area is 123 Å². The summed E-state index contributed by atoms with van der Waals surface area (Å²) in [5, 5.41) is 4.12. The van der Waals surface area contributed by atoms with Crippen LogP contribution in [0, 0.1) is 5.92 Å². The summed E-state index contributed by atoms with van der Waals surface area (Å²) in [5.74, 6) is 0.523. The van der Waals surface area contributed by atoms with E-state index in [1.165, 1.54) is 18.5 Å². The van der Waals surface area contributed by atoms with E-state index in [4.69, 9.17) is 0 Å². The van der Waals surface area contributed by atoms with Crippen molar-refractivity contribution >= 4 is 0 Å². The van der Waals surface area contributed by atoms with Gasteiger partial charge in [-0.25, -0.2) is 9.67 Å². The third-order valence-corrected chi connectivity index (χ3v) is 4.32. The molecule has 0 radical (unpaired) electrons. The second-order valence-electron chi connectivity index (χ2n) is 6.13. The summed E-state index contributed by atoms with van der Waals surface area (Å²) in [7, 11) is 0. The summed E-state index contributed by atoms with van der Waals surface area (Å²) in [6.07, 6.45) is 8.18. The number of aromatic nitrogens is 4. The normalized spacial score (nSPS) is 19.6. The van der Waals surface area contributed by atoms with Crippen molar-refractivity contribution in [2.45, 2.75) is 32.0 Å². The van der Waals surface area contributed by atoms with Crippen molar-refractivity contribution in [2.75, 3.05) is 13.1 Å². The molecule has 21 heavy (non-hydrogen) atoms. The summed E-state index contributed by atoms with van der Waals surface area (Å²) in [6.45, 7) is 3.74. The predicted molar refractivity (Wildman–Crippen MR) is 77.8 cm³/mol. The molecule has 1 aliphatic carbocycles. The highest BCUT2D eigenvalue weighted by atomic mass is 16.1. The zero-order valence-corrected chi connectivity index (χ0v) is 11.9. The Kier molecular flexibility index (Phi) is 3.11. The van der Waals surface area contributed by atoms with Crippen LogP contribution in [0.1, 0.15) is 24.6 Å². The number of likely N-dealkylation sites (tertiary alicyclic amines) is 1. The monoisotopic (exact) mass is 285 g/mol. The van der Waals surface area contributed by atoms with Gasteiger partial charge in [-0.05, 0) is 18.9 Å². The minimum absolute atomic E-state index is 0.0113. The number of hydrogen-bond acceptors (Lipinski definition) is 4. The molecule has 4 rings (SSSR count). The second kappa shape index (κ2) is 5.11. The lowest BCUT2D eigenvalue weighted by Gasteiger charge is -2.39. The van der Waals surface area contributed by atoms with Gasteiger partial charge in [0, 0.05) is 50.1 Å². The fraction of sp³-hybridized carbons (Fsp3) is 0.533. The molecule has 0 spiro atoms. The maximum Gasteiger partial charge on any atom is 0.266 e. The molecule has 1 aliphatic heterocycles. The highest BCUT2D eigenvalue weighted by molar-refractivity contribution is 5.04. The molecule has 2 aliphatic rings. The minimum atomic E-state index is -0.0113. The van der Waals surface area contributed by atoms with Crippen LogP contribution in [0.3, 0.4) is 0 Å². The molecular formula is C15H19N5O. The highest BCUT2D eigenvalue weighted by Crippen LogP contribution is 2.36. The van der Waals surface area contributed by atoms with Crippen LogP contribution in [0.15, 0.2) is 35.6 Å². The van der Waals surface area contributed by atoms with Crippen molar-refractivity contribution in [2.24, 2.45) is 5.92 Å². The average Bonchev–Trinajstić information content (AvgIpc) is 3.18. The van der Waals surface area contributed by atoms with Crippen molar-refractivity contribution in [3.05, 3.63) is 46.9 Å². The van der Waals surface area contributed by atoms with Crippen LogP contribution >= 0.6 is 0 Å². The molecule has 0 unspecified atom stereocenters. The van der Waals surface area contributed by atoms with Crippen LogP contribution in [0.5, 0.6) is 0 Å². The SMILES string of the molecule is O=c1cccnn1CC1CN(Cc2cncn2C2CC2)C1. The van der Waals surface area contributed by atoms with Crippen molar-refractivity contribution in [3.8, 4) is 0 Å². The van der Waals surface area contributed by atoms with Gasteiger partial charge in [-0.3, -0.25) is 9.69 Å². The van der Waals surface area contributed by atoms with E-state index in [2.05, 4.69) is 19.5 Å². The van der Waals surface area contributed by atoms with E-state index in [1.807, 2.05) is 12.5 Å². The van der Waals surface area contributed by atoms with Crippen molar-refractivity contribution in [3.63, 3.8) is 0 Å². The molecule has 0 atom stereocenters. The van der Waals surface area contributed by atoms with E-state index in [-0.39, 0.29) is 5.56 Å². The number of imidazole rings is 1.